The van der Waals surface area contributed by atoms with E-state index in [2.05, 4.69) is 11.0 Å². The maximum atomic E-state index is 6.20. The van der Waals surface area contributed by atoms with Crippen LogP contribution >= 0.6 is 11.6 Å². The average Bonchev–Trinajstić information content (AvgIpc) is 2.74. The molecule has 0 bridgehead atoms. The maximum absolute atomic E-state index is 6.20. The van der Waals surface area contributed by atoms with Gasteiger partial charge in [-0.1, -0.05) is 17.7 Å². The highest BCUT2D eigenvalue weighted by Gasteiger charge is 2.16. The Morgan fingerprint density at radius 2 is 2.00 bits per heavy atom. The number of anilines is 1. The lowest BCUT2D eigenvalue weighted by Gasteiger charge is -2.22. The molecule has 1 aliphatic rings. The summed E-state index contributed by atoms with van der Waals surface area (Å²) in [5.74, 6) is 0. The molecule has 82 valence electrons. The van der Waals surface area contributed by atoms with Crippen molar-refractivity contribution >= 4 is 17.3 Å². The second kappa shape index (κ2) is 4.86. The lowest BCUT2D eigenvalue weighted by molar-refractivity contribution is 0.918. The Hall–Kier alpha value is -0.730. The molecule has 0 radical (unpaired) electrons. The van der Waals surface area contributed by atoms with E-state index in [9.17, 15) is 0 Å². The van der Waals surface area contributed by atoms with Gasteiger partial charge in [0.15, 0.2) is 0 Å². The first-order chi connectivity index (χ1) is 7.33. The standard InChI is InChI=1S/C12H17ClN2/c13-11-4-3-5-12(10(11)6-7-14)15-8-1-2-9-15/h3-5H,1-2,6-9,14H2. The minimum atomic E-state index is 0.657. The predicted octanol–water partition coefficient (Wildman–Crippen LogP) is 2.44. The van der Waals surface area contributed by atoms with Gasteiger partial charge in [-0.05, 0) is 43.5 Å². The van der Waals surface area contributed by atoms with Crippen LogP contribution in [0.1, 0.15) is 18.4 Å². The van der Waals surface area contributed by atoms with E-state index in [0.29, 0.717) is 6.54 Å². The summed E-state index contributed by atoms with van der Waals surface area (Å²) < 4.78 is 0. The van der Waals surface area contributed by atoms with Crippen LogP contribution in [0.25, 0.3) is 0 Å². The van der Waals surface area contributed by atoms with Crippen LogP contribution in [-0.4, -0.2) is 19.6 Å². The van der Waals surface area contributed by atoms with Gasteiger partial charge in [0.25, 0.3) is 0 Å². The summed E-state index contributed by atoms with van der Waals surface area (Å²) in [6.07, 6.45) is 3.44. The molecular weight excluding hydrogens is 208 g/mol. The number of nitrogens with zero attached hydrogens (tertiary/aromatic N) is 1. The molecule has 0 aromatic heterocycles. The normalized spacial score (nSPS) is 16.0. The van der Waals surface area contributed by atoms with Crippen LogP contribution in [0.5, 0.6) is 0 Å². The highest BCUT2D eigenvalue weighted by atomic mass is 35.5. The number of nitrogens with two attached hydrogens (primary N) is 1. The van der Waals surface area contributed by atoms with E-state index in [-0.39, 0.29) is 0 Å². The highest BCUT2D eigenvalue weighted by Crippen LogP contribution is 2.30. The van der Waals surface area contributed by atoms with E-state index < -0.39 is 0 Å². The summed E-state index contributed by atoms with van der Waals surface area (Å²) >= 11 is 6.20. The molecule has 15 heavy (non-hydrogen) atoms. The van der Waals surface area contributed by atoms with Crippen LogP contribution < -0.4 is 10.6 Å². The topological polar surface area (TPSA) is 29.3 Å². The fourth-order valence-electron chi connectivity index (χ4n) is 2.19. The van der Waals surface area contributed by atoms with E-state index in [1.807, 2.05) is 12.1 Å². The molecule has 2 nitrogen and oxygen atoms in total. The average molecular weight is 225 g/mol. The predicted molar refractivity (Wildman–Crippen MR) is 65.7 cm³/mol. The Morgan fingerprint density at radius 3 is 2.67 bits per heavy atom. The zero-order valence-electron chi connectivity index (χ0n) is 8.88. The van der Waals surface area contributed by atoms with Gasteiger partial charge in [-0.3, -0.25) is 0 Å². The van der Waals surface area contributed by atoms with Crippen LogP contribution in [0.15, 0.2) is 18.2 Å². The molecule has 1 heterocycles. The largest absolute Gasteiger partial charge is 0.371 e. The van der Waals surface area contributed by atoms with E-state index in [4.69, 9.17) is 17.3 Å². The van der Waals surface area contributed by atoms with Gasteiger partial charge in [0.05, 0.1) is 0 Å². The molecule has 2 rings (SSSR count). The number of hydrogen-bond donors (Lipinski definition) is 1. The molecule has 0 unspecified atom stereocenters. The van der Waals surface area contributed by atoms with E-state index >= 15 is 0 Å². The second-order valence-electron chi connectivity index (χ2n) is 3.97. The van der Waals surface area contributed by atoms with Crippen LogP contribution in [0.4, 0.5) is 5.69 Å². The fraction of sp³-hybridized carbons (Fsp3) is 0.500. The number of benzene rings is 1. The number of rotatable bonds is 3. The molecule has 3 heteroatoms. The van der Waals surface area contributed by atoms with Crippen molar-refractivity contribution in [2.45, 2.75) is 19.3 Å². The minimum Gasteiger partial charge on any atom is -0.371 e. The zero-order valence-corrected chi connectivity index (χ0v) is 9.63. The van der Waals surface area contributed by atoms with Crippen molar-refractivity contribution in [1.29, 1.82) is 0 Å². The van der Waals surface area contributed by atoms with Crippen molar-refractivity contribution in [2.75, 3.05) is 24.5 Å². The third kappa shape index (κ3) is 2.27. The summed E-state index contributed by atoms with van der Waals surface area (Å²) in [4.78, 5) is 2.41. The SMILES string of the molecule is NCCc1c(Cl)cccc1N1CCCC1. The monoisotopic (exact) mass is 224 g/mol. The molecule has 0 atom stereocenters. The van der Waals surface area contributed by atoms with E-state index in [1.165, 1.54) is 24.1 Å². The Morgan fingerprint density at radius 1 is 1.27 bits per heavy atom. The van der Waals surface area contributed by atoms with Gasteiger partial charge >= 0.3 is 0 Å². The van der Waals surface area contributed by atoms with Crippen molar-refractivity contribution < 1.29 is 0 Å². The number of halogens is 1. The molecule has 1 aromatic carbocycles. The molecule has 1 aromatic rings. The molecule has 0 amide bonds. The van der Waals surface area contributed by atoms with Gasteiger partial charge in [0.1, 0.15) is 0 Å². The lowest BCUT2D eigenvalue weighted by Crippen LogP contribution is -2.20. The Labute approximate surface area is 96.0 Å². The second-order valence-corrected chi connectivity index (χ2v) is 4.38. The Kier molecular flexibility index (Phi) is 3.49. The quantitative estimate of drug-likeness (QED) is 0.855. The van der Waals surface area contributed by atoms with Crippen LogP contribution in [0.2, 0.25) is 5.02 Å². The van der Waals surface area contributed by atoms with E-state index in [1.54, 1.807) is 0 Å². The number of hydrogen-bond acceptors (Lipinski definition) is 2. The van der Waals surface area contributed by atoms with E-state index in [0.717, 1.165) is 24.5 Å². The Bertz CT molecular complexity index is 332. The summed E-state index contributed by atoms with van der Waals surface area (Å²) in [7, 11) is 0. The first-order valence-corrected chi connectivity index (χ1v) is 5.93. The fourth-order valence-corrected chi connectivity index (χ4v) is 2.46. The van der Waals surface area contributed by atoms with Gasteiger partial charge in [-0.2, -0.15) is 0 Å². The van der Waals surface area contributed by atoms with Gasteiger partial charge in [-0.15, -0.1) is 0 Å². The molecule has 0 aliphatic carbocycles. The highest BCUT2D eigenvalue weighted by molar-refractivity contribution is 6.31. The van der Waals surface area contributed by atoms with Gasteiger partial charge in [0.2, 0.25) is 0 Å². The lowest BCUT2D eigenvalue weighted by atomic mass is 10.1. The molecule has 0 spiro atoms. The molecular formula is C12H17ClN2. The van der Waals surface area contributed by atoms with Crippen molar-refractivity contribution in [3.8, 4) is 0 Å². The Balaban J connectivity index is 2.31. The molecule has 1 fully saturated rings. The van der Waals surface area contributed by atoms with Gasteiger partial charge < -0.3 is 10.6 Å². The van der Waals surface area contributed by atoms with Gasteiger partial charge in [0, 0.05) is 23.8 Å². The first kappa shape index (κ1) is 10.8. The molecule has 1 saturated heterocycles. The maximum Gasteiger partial charge on any atom is 0.0459 e. The molecule has 2 N–H and O–H groups in total. The summed E-state index contributed by atoms with van der Waals surface area (Å²) in [6.45, 7) is 2.96. The van der Waals surface area contributed by atoms with Crippen molar-refractivity contribution in [3.63, 3.8) is 0 Å². The van der Waals surface area contributed by atoms with Crippen molar-refractivity contribution in [2.24, 2.45) is 5.73 Å². The smallest absolute Gasteiger partial charge is 0.0459 e. The van der Waals surface area contributed by atoms with Crippen molar-refractivity contribution in [3.05, 3.63) is 28.8 Å². The third-order valence-electron chi connectivity index (χ3n) is 2.94. The van der Waals surface area contributed by atoms with Crippen LogP contribution in [0, 0.1) is 0 Å². The van der Waals surface area contributed by atoms with Gasteiger partial charge in [-0.25, -0.2) is 0 Å². The van der Waals surface area contributed by atoms with Crippen LogP contribution in [0.3, 0.4) is 0 Å². The summed E-state index contributed by atoms with van der Waals surface area (Å²) in [5, 5.41) is 0.852. The molecule has 0 saturated carbocycles. The zero-order chi connectivity index (χ0) is 10.7. The first-order valence-electron chi connectivity index (χ1n) is 5.55. The third-order valence-corrected chi connectivity index (χ3v) is 3.29. The van der Waals surface area contributed by atoms with Crippen LogP contribution in [-0.2, 0) is 6.42 Å². The minimum absolute atomic E-state index is 0.657. The summed E-state index contributed by atoms with van der Waals surface area (Å²) in [6, 6.07) is 6.13. The molecule has 1 aliphatic heterocycles. The summed E-state index contributed by atoms with van der Waals surface area (Å²) in [5.41, 5.74) is 8.11. The van der Waals surface area contributed by atoms with Crippen molar-refractivity contribution in [1.82, 2.24) is 0 Å².